The minimum absolute atomic E-state index is 0.160. The van der Waals surface area contributed by atoms with Gasteiger partial charge in [-0.2, -0.15) is 5.21 Å². The Morgan fingerprint density at radius 1 is 1.08 bits per heavy atom. The Balaban J connectivity index is 1.76. The van der Waals surface area contributed by atoms with Crippen molar-refractivity contribution >= 4 is 5.91 Å². The lowest BCUT2D eigenvalue weighted by molar-refractivity contribution is 0.0925. The molecule has 0 aliphatic heterocycles. The van der Waals surface area contributed by atoms with Crippen LogP contribution in [-0.4, -0.2) is 26.5 Å². The molecule has 0 saturated carbocycles. The predicted molar refractivity (Wildman–Crippen MR) is 91.1 cm³/mol. The first-order chi connectivity index (χ1) is 12.0. The van der Waals surface area contributed by atoms with Crippen LogP contribution in [0, 0.1) is 11.7 Å². The lowest BCUT2D eigenvalue weighted by atomic mass is 9.95. The molecule has 0 spiro atoms. The molecule has 2 aromatic carbocycles. The first-order valence-electron chi connectivity index (χ1n) is 7.95. The van der Waals surface area contributed by atoms with Crippen LogP contribution in [0.2, 0.25) is 0 Å². The van der Waals surface area contributed by atoms with Crippen LogP contribution in [0.1, 0.15) is 35.8 Å². The summed E-state index contributed by atoms with van der Waals surface area (Å²) in [5.41, 5.74) is 2.16. The topological polar surface area (TPSA) is 83.6 Å². The predicted octanol–water partition coefficient (Wildman–Crippen LogP) is 3.13. The van der Waals surface area contributed by atoms with Crippen molar-refractivity contribution in [1.29, 1.82) is 0 Å². The van der Waals surface area contributed by atoms with Gasteiger partial charge in [-0.25, -0.2) is 4.39 Å². The van der Waals surface area contributed by atoms with Gasteiger partial charge in [0.1, 0.15) is 5.82 Å². The molecule has 6 nitrogen and oxygen atoms in total. The van der Waals surface area contributed by atoms with Crippen LogP contribution in [0.5, 0.6) is 0 Å². The number of tetrazole rings is 1. The Hall–Kier alpha value is -3.09. The molecule has 0 bridgehead atoms. The smallest absolute Gasteiger partial charge is 0.251 e. The molecular weight excluding hydrogens is 321 g/mol. The van der Waals surface area contributed by atoms with E-state index in [1.807, 2.05) is 13.8 Å². The zero-order chi connectivity index (χ0) is 17.8. The van der Waals surface area contributed by atoms with Crippen LogP contribution in [-0.2, 0) is 0 Å². The number of rotatable bonds is 5. The number of hydrogen-bond donors (Lipinski definition) is 2. The van der Waals surface area contributed by atoms with Gasteiger partial charge in [0.25, 0.3) is 5.91 Å². The van der Waals surface area contributed by atoms with Gasteiger partial charge in [0.15, 0.2) is 0 Å². The molecule has 0 radical (unpaired) electrons. The maximum Gasteiger partial charge on any atom is 0.251 e. The minimum Gasteiger partial charge on any atom is -0.345 e. The Bertz CT molecular complexity index is 829. The van der Waals surface area contributed by atoms with Crippen LogP contribution in [0.15, 0.2) is 48.5 Å². The Morgan fingerprint density at radius 3 is 2.32 bits per heavy atom. The van der Waals surface area contributed by atoms with Crippen molar-refractivity contribution in [3.05, 3.63) is 65.5 Å². The Labute approximate surface area is 144 Å². The number of carbonyl (C=O) groups is 1. The summed E-state index contributed by atoms with van der Waals surface area (Å²) in [7, 11) is 0. The highest BCUT2D eigenvalue weighted by Gasteiger charge is 2.19. The fourth-order valence-corrected chi connectivity index (χ4v) is 2.58. The number of benzene rings is 2. The molecule has 1 atom stereocenters. The number of hydrogen-bond acceptors (Lipinski definition) is 4. The van der Waals surface area contributed by atoms with E-state index < -0.39 is 0 Å². The number of halogens is 1. The van der Waals surface area contributed by atoms with E-state index >= 15 is 0 Å². The first kappa shape index (κ1) is 16.8. The zero-order valence-electron chi connectivity index (χ0n) is 13.9. The fraction of sp³-hybridized carbons (Fsp3) is 0.222. The maximum atomic E-state index is 13.1. The third kappa shape index (κ3) is 3.88. The van der Waals surface area contributed by atoms with E-state index in [0.29, 0.717) is 11.4 Å². The molecule has 3 rings (SSSR count). The SMILES string of the molecule is CC(C)C(NC(=O)c1ccc(-c2nn[nH]n2)cc1)c1ccc(F)cc1. The molecule has 0 aliphatic carbocycles. The van der Waals surface area contributed by atoms with Crippen molar-refractivity contribution in [3.8, 4) is 11.4 Å². The molecular formula is C18H18FN5O. The van der Waals surface area contributed by atoms with Crippen LogP contribution < -0.4 is 5.32 Å². The molecule has 0 aliphatic rings. The van der Waals surface area contributed by atoms with E-state index in [4.69, 9.17) is 0 Å². The molecule has 25 heavy (non-hydrogen) atoms. The molecule has 1 unspecified atom stereocenters. The van der Waals surface area contributed by atoms with Gasteiger partial charge in [0.2, 0.25) is 5.82 Å². The number of carbonyl (C=O) groups excluding carboxylic acids is 1. The number of aromatic nitrogens is 4. The monoisotopic (exact) mass is 339 g/mol. The van der Waals surface area contributed by atoms with Crippen LogP contribution in [0.25, 0.3) is 11.4 Å². The van der Waals surface area contributed by atoms with Gasteiger partial charge in [-0.1, -0.05) is 38.1 Å². The van der Waals surface area contributed by atoms with E-state index in [1.165, 1.54) is 12.1 Å². The maximum absolute atomic E-state index is 13.1. The van der Waals surface area contributed by atoms with Gasteiger partial charge in [0.05, 0.1) is 6.04 Å². The normalized spacial score (nSPS) is 12.2. The molecule has 0 fully saturated rings. The van der Waals surface area contributed by atoms with E-state index in [-0.39, 0.29) is 23.7 Å². The van der Waals surface area contributed by atoms with Crippen molar-refractivity contribution < 1.29 is 9.18 Å². The molecule has 1 amide bonds. The van der Waals surface area contributed by atoms with Crippen LogP contribution in [0.3, 0.4) is 0 Å². The summed E-state index contributed by atoms with van der Waals surface area (Å²) in [6.07, 6.45) is 0. The fourth-order valence-electron chi connectivity index (χ4n) is 2.58. The summed E-state index contributed by atoms with van der Waals surface area (Å²) in [4.78, 5) is 12.6. The molecule has 3 aromatic rings. The third-order valence-corrected chi connectivity index (χ3v) is 3.93. The Kier molecular flexibility index (Phi) is 4.83. The van der Waals surface area contributed by atoms with Gasteiger partial charge in [-0.05, 0) is 41.0 Å². The van der Waals surface area contributed by atoms with Crippen molar-refractivity contribution in [2.45, 2.75) is 19.9 Å². The highest BCUT2D eigenvalue weighted by Crippen LogP contribution is 2.23. The summed E-state index contributed by atoms with van der Waals surface area (Å²) < 4.78 is 13.1. The lowest BCUT2D eigenvalue weighted by Gasteiger charge is -2.23. The van der Waals surface area contributed by atoms with Gasteiger partial charge < -0.3 is 5.32 Å². The second-order valence-corrected chi connectivity index (χ2v) is 6.06. The second-order valence-electron chi connectivity index (χ2n) is 6.06. The van der Waals surface area contributed by atoms with Gasteiger partial charge in [0, 0.05) is 11.1 Å². The number of H-pyrrole nitrogens is 1. The summed E-state index contributed by atoms with van der Waals surface area (Å²) >= 11 is 0. The molecule has 0 saturated heterocycles. The number of nitrogens with zero attached hydrogens (tertiary/aromatic N) is 3. The number of aromatic amines is 1. The Morgan fingerprint density at radius 2 is 1.76 bits per heavy atom. The largest absolute Gasteiger partial charge is 0.345 e. The minimum atomic E-state index is -0.297. The average molecular weight is 339 g/mol. The molecule has 128 valence electrons. The van der Waals surface area contributed by atoms with E-state index in [2.05, 4.69) is 25.9 Å². The summed E-state index contributed by atoms with van der Waals surface area (Å²) in [6.45, 7) is 4.02. The van der Waals surface area contributed by atoms with E-state index in [0.717, 1.165) is 11.1 Å². The first-order valence-corrected chi connectivity index (χ1v) is 7.95. The van der Waals surface area contributed by atoms with Gasteiger partial charge in [-0.15, -0.1) is 10.2 Å². The van der Waals surface area contributed by atoms with Crippen molar-refractivity contribution in [1.82, 2.24) is 25.9 Å². The van der Waals surface area contributed by atoms with E-state index in [9.17, 15) is 9.18 Å². The summed E-state index contributed by atoms with van der Waals surface area (Å²) in [6, 6.07) is 12.9. The van der Waals surface area contributed by atoms with Crippen molar-refractivity contribution in [3.63, 3.8) is 0 Å². The zero-order valence-corrected chi connectivity index (χ0v) is 13.9. The number of amides is 1. The van der Waals surface area contributed by atoms with Gasteiger partial charge >= 0.3 is 0 Å². The average Bonchev–Trinajstić information content (AvgIpc) is 3.15. The van der Waals surface area contributed by atoms with Gasteiger partial charge in [-0.3, -0.25) is 4.79 Å². The molecule has 2 N–H and O–H groups in total. The molecule has 1 aromatic heterocycles. The van der Waals surface area contributed by atoms with Crippen LogP contribution >= 0.6 is 0 Å². The standard InChI is InChI=1S/C18H18FN5O/c1-11(2)16(12-7-9-15(19)10-8-12)20-18(25)14-5-3-13(4-6-14)17-21-23-24-22-17/h3-11,16H,1-2H3,(H,20,25)(H,21,22,23,24). The number of nitrogens with one attached hydrogen (secondary N) is 2. The third-order valence-electron chi connectivity index (χ3n) is 3.93. The summed E-state index contributed by atoms with van der Waals surface area (Å²) in [5.74, 6) is 0.142. The van der Waals surface area contributed by atoms with Crippen molar-refractivity contribution in [2.24, 2.45) is 5.92 Å². The highest BCUT2D eigenvalue weighted by molar-refractivity contribution is 5.94. The highest BCUT2D eigenvalue weighted by atomic mass is 19.1. The summed E-state index contributed by atoms with van der Waals surface area (Å²) in [5, 5.41) is 16.7. The molecule has 7 heteroatoms. The van der Waals surface area contributed by atoms with E-state index in [1.54, 1.807) is 36.4 Å². The second kappa shape index (κ2) is 7.21. The molecule has 1 heterocycles. The van der Waals surface area contributed by atoms with Crippen molar-refractivity contribution in [2.75, 3.05) is 0 Å². The lowest BCUT2D eigenvalue weighted by Crippen LogP contribution is -2.31. The quantitative estimate of drug-likeness (QED) is 0.748. The van der Waals surface area contributed by atoms with Crippen LogP contribution in [0.4, 0.5) is 4.39 Å².